The van der Waals surface area contributed by atoms with Crippen molar-refractivity contribution in [2.45, 2.75) is 32.7 Å². The quantitative estimate of drug-likeness (QED) is 0.371. The number of azo groups is 1. The molecule has 2 aromatic carbocycles. The summed E-state index contributed by atoms with van der Waals surface area (Å²) in [6.45, 7) is 4.40. The van der Waals surface area contributed by atoms with Gasteiger partial charge in [-0.25, -0.2) is 0 Å². The molecule has 33 heavy (non-hydrogen) atoms. The zero-order chi connectivity index (χ0) is 22.6. The second kappa shape index (κ2) is 9.23. The minimum absolute atomic E-state index is 0.0791. The summed E-state index contributed by atoms with van der Waals surface area (Å²) in [6, 6.07) is 17.5. The third kappa shape index (κ3) is 4.34. The van der Waals surface area contributed by atoms with E-state index in [9.17, 15) is 5.11 Å². The first-order valence-electron chi connectivity index (χ1n) is 11.3. The van der Waals surface area contributed by atoms with Gasteiger partial charge in [0.1, 0.15) is 0 Å². The third-order valence-corrected chi connectivity index (χ3v) is 5.75. The molecule has 0 bridgehead atoms. The van der Waals surface area contributed by atoms with Gasteiger partial charge in [0.2, 0.25) is 17.8 Å². The number of nitrogens with zero attached hydrogens (tertiary/aromatic N) is 7. The summed E-state index contributed by atoms with van der Waals surface area (Å²) >= 11 is 0. The van der Waals surface area contributed by atoms with Gasteiger partial charge in [-0.05, 0) is 44.4 Å². The van der Waals surface area contributed by atoms with Crippen LogP contribution in [-0.2, 0) is 6.54 Å². The average Bonchev–Trinajstić information content (AvgIpc) is 3.14. The predicted molar refractivity (Wildman–Crippen MR) is 129 cm³/mol. The number of piperidine rings is 1. The fourth-order valence-corrected chi connectivity index (χ4v) is 4.13. The number of nitrogens with one attached hydrogen (secondary N) is 1. The lowest BCUT2D eigenvalue weighted by molar-refractivity contribution is 0.427. The molecule has 0 spiro atoms. The van der Waals surface area contributed by atoms with Gasteiger partial charge in [-0.3, -0.25) is 0 Å². The van der Waals surface area contributed by atoms with Crippen molar-refractivity contribution in [1.82, 2.24) is 19.5 Å². The molecule has 3 heterocycles. The maximum atomic E-state index is 10.7. The second-order valence-electron chi connectivity index (χ2n) is 7.93. The van der Waals surface area contributed by atoms with Crippen molar-refractivity contribution < 1.29 is 5.11 Å². The summed E-state index contributed by atoms with van der Waals surface area (Å²) in [5, 5.41) is 23.5. The molecule has 2 aromatic heterocycles. The van der Waals surface area contributed by atoms with Crippen LogP contribution in [0.25, 0.3) is 10.9 Å². The van der Waals surface area contributed by atoms with Crippen LogP contribution in [0.5, 0.6) is 5.88 Å². The Morgan fingerprint density at radius 1 is 0.909 bits per heavy atom. The van der Waals surface area contributed by atoms with E-state index in [0.717, 1.165) is 42.5 Å². The average molecular weight is 443 g/mol. The van der Waals surface area contributed by atoms with Gasteiger partial charge in [0.05, 0.1) is 5.52 Å². The number of aromatic hydroxyl groups is 1. The molecular weight excluding hydrogens is 416 g/mol. The summed E-state index contributed by atoms with van der Waals surface area (Å²) in [7, 11) is 0. The molecule has 1 aliphatic heterocycles. The zero-order valence-electron chi connectivity index (χ0n) is 18.5. The zero-order valence-corrected chi connectivity index (χ0v) is 18.5. The number of para-hydroxylation sites is 2. The number of hydrogen-bond acceptors (Lipinski definition) is 8. The third-order valence-electron chi connectivity index (χ3n) is 5.75. The summed E-state index contributed by atoms with van der Waals surface area (Å²) in [6.07, 6.45) is 3.42. The molecule has 0 amide bonds. The summed E-state index contributed by atoms with van der Waals surface area (Å²) in [5.74, 6) is 1.26. The molecular formula is C24H26N8O. The van der Waals surface area contributed by atoms with Crippen LogP contribution in [0.4, 0.5) is 29.2 Å². The second-order valence-corrected chi connectivity index (χ2v) is 7.93. The predicted octanol–water partition coefficient (Wildman–Crippen LogP) is 5.70. The van der Waals surface area contributed by atoms with Crippen LogP contribution < -0.4 is 10.2 Å². The maximum absolute atomic E-state index is 10.7. The van der Waals surface area contributed by atoms with E-state index in [1.54, 1.807) is 4.57 Å². The Hall–Kier alpha value is -4.01. The smallest absolute Gasteiger partial charge is 0.275 e. The Kier molecular flexibility index (Phi) is 5.84. The fraction of sp³-hybridized carbons (Fsp3) is 0.292. The van der Waals surface area contributed by atoms with Crippen molar-refractivity contribution in [2.24, 2.45) is 10.2 Å². The van der Waals surface area contributed by atoms with Crippen molar-refractivity contribution in [2.75, 3.05) is 23.3 Å². The van der Waals surface area contributed by atoms with E-state index in [0.29, 0.717) is 24.1 Å². The molecule has 0 atom stereocenters. The maximum Gasteiger partial charge on any atom is 0.275 e. The van der Waals surface area contributed by atoms with Gasteiger partial charge in [-0.1, -0.05) is 36.4 Å². The first kappa shape index (κ1) is 20.9. The summed E-state index contributed by atoms with van der Waals surface area (Å²) in [4.78, 5) is 15.8. The summed E-state index contributed by atoms with van der Waals surface area (Å²) in [5.41, 5.74) is 2.19. The molecule has 4 aromatic rings. The van der Waals surface area contributed by atoms with E-state index in [1.165, 1.54) is 6.42 Å². The van der Waals surface area contributed by atoms with Crippen LogP contribution >= 0.6 is 0 Å². The first-order chi connectivity index (χ1) is 16.2. The summed E-state index contributed by atoms with van der Waals surface area (Å²) < 4.78 is 1.80. The number of aryl methyl sites for hydroxylation is 1. The van der Waals surface area contributed by atoms with Crippen molar-refractivity contribution in [3.63, 3.8) is 0 Å². The van der Waals surface area contributed by atoms with Crippen LogP contribution in [0.15, 0.2) is 64.8 Å². The number of rotatable bonds is 6. The van der Waals surface area contributed by atoms with Gasteiger partial charge in [0.25, 0.3) is 5.95 Å². The highest BCUT2D eigenvalue weighted by Gasteiger charge is 2.18. The number of anilines is 3. The van der Waals surface area contributed by atoms with Crippen molar-refractivity contribution >= 4 is 40.1 Å². The Labute approximate surface area is 191 Å². The molecule has 5 rings (SSSR count). The van der Waals surface area contributed by atoms with Gasteiger partial charge in [0.15, 0.2) is 5.69 Å². The molecule has 0 radical (unpaired) electrons. The van der Waals surface area contributed by atoms with Crippen LogP contribution in [0, 0.1) is 0 Å². The van der Waals surface area contributed by atoms with Crippen molar-refractivity contribution in [3.8, 4) is 5.88 Å². The molecule has 2 N–H and O–H groups in total. The van der Waals surface area contributed by atoms with Gasteiger partial charge < -0.3 is 19.9 Å². The lowest BCUT2D eigenvalue weighted by atomic mass is 10.1. The van der Waals surface area contributed by atoms with E-state index in [-0.39, 0.29) is 11.8 Å². The normalized spacial score (nSPS) is 14.3. The van der Waals surface area contributed by atoms with Crippen LogP contribution in [0.2, 0.25) is 0 Å². The first-order valence-corrected chi connectivity index (χ1v) is 11.3. The number of aromatic nitrogens is 4. The molecule has 9 nitrogen and oxygen atoms in total. The van der Waals surface area contributed by atoms with E-state index in [1.807, 2.05) is 61.5 Å². The molecule has 9 heteroatoms. The van der Waals surface area contributed by atoms with Crippen LogP contribution in [0.3, 0.4) is 0 Å². The van der Waals surface area contributed by atoms with Crippen molar-refractivity contribution in [1.29, 1.82) is 0 Å². The van der Waals surface area contributed by atoms with Gasteiger partial charge in [0, 0.05) is 30.7 Å². The number of benzene rings is 2. The minimum Gasteiger partial charge on any atom is -0.493 e. The highest BCUT2D eigenvalue weighted by atomic mass is 16.3. The molecule has 0 saturated carbocycles. The molecule has 1 fully saturated rings. The SMILES string of the molecule is CCn1c(O)c(N=Nc2nc(Nc3ccccc3)nc(N3CCCCC3)n2)c2ccccc21. The van der Waals surface area contributed by atoms with Crippen molar-refractivity contribution in [3.05, 3.63) is 54.6 Å². The van der Waals surface area contributed by atoms with E-state index in [2.05, 4.69) is 35.4 Å². The van der Waals surface area contributed by atoms with E-state index in [4.69, 9.17) is 0 Å². The number of fused-ring (bicyclic) bond motifs is 1. The van der Waals surface area contributed by atoms with Crippen LogP contribution in [-0.4, -0.2) is 37.7 Å². The fourth-order valence-electron chi connectivity index (χ4n) is 4.13. The Morgan fingerprint density at radius 3 is 2.45 bits per heavy atom. The van der Waals surface area contributed by atoms with Gasteiger partial charge in [-0.2, -0.15) is 15.0 Å². The lowest BCUT2D eigenvalue weighted by Crippen LogP contribution is -2.31. The monoisotopic (exact) mass is 442 g/mol. The Bertz CT molecular complexity index is 1280. The van der Waals surface area contributed by atoms with Gasteiger partial charge in [-0.15, -0.1) is 10.2 Å². The Morgan fingerprint density at radius 2 is 1.67 bits per heavy atom. The highest BCUT2D eigenvalue weighted by molar-refractivity contribution is 5.94. The molecule has 1 aliphatic rings. The van der Waals surface area contributed by atoms with Crippen LogP contribution in [0.1, 0.15) is 26.2 Å². The topological polar surface area (TPSA) is 104 Å². The molecule has 168 valence electrons. The van der Waals surface area contributed by atoms with Gasteiger partial charge >= 0.3 is 0 Å². The largest absolute Gasteiger partial charge is 0.493 e. The standard InChI is InChI=1S/C24H26N8O/c1-2-32-19-14-8-7-13-18(19)20(21(32)33)29-30-23-26-22(25-17-11-5-3-6-12-17)27-24(28-23)31-15-9-4-10-16-31/h3,5-8,11-14,33H,2,4,9-10,15-16H2,1H3,(H,25,26,27,28). The number of hydrogen-bond donors (Lipinski definition) is 2. The minimum atomic E-state index is 0.0791. The molecule has 0 unspecified atom stereocenters. The van der Waals surface area contributed by atoms with E-state index < -0.39 is 0 Å². The lowest BCUT2D eigenvalue weighted by Gasteiger charge is -2.26. The Balaban J connectivity index is 1.53. The molecule has 1 saturated heterocycles. The van der Waals surface area contributed by atoms with E-state index >= 15 is 0 Å². The highest BCUT2D eigenvalue weighted by Crippen LogP contribution is 2.39. The molecule has 0 aliphatic carbocycles.